The number of nitrogens with two attached hydrogens (primary N) is 1. The Morgan fingerprint density at radius 3 is 0.885 bits per heavy atom. The molecule has 12 rings (SSSR count). The van der Waals surface area contributed by atoms with Crippen molar-refractivity contribution in [2.45, 2.75) is 238 Å². The summed E-state index contributed by atoms with van der Waals surface area (Å²) >= 11 is 0. The van der Waals surface area contributed by atoms with Crippen LogP contribution in [-0.4, -0.2) is 168 Å². The molecule has 8 aromatic rings. The lowest BCUT2D eigenvalue weighted by atomic mass is 9.92. The molecule has 0 aliphatic carbocycles. The molecular formula is C95H126N20O15. The van der Waals surface area contributed by atoms with Gasteiger partial charge in [-0.05, 0) is 292 Å². The van der Waals surface area contributed by atoms with Crippen molar-refractivity contribution in [1.82, 2.24) is 59.9 Å². The Morgan fingerprint density at radius 1 is 0.354 bits per heavy atom. The van der Waals surface area contributed by atoms with E-state index in [9.17, 15) is 52.7 Å². The van der Waals surface area contributed by atoms with Crippen molar-refractivity contribution in [3.8, 4) is 0 Å². The largest absolute Gasteiger partial charge is 0.474 e. The molecule has 8 aromatic heterocycles. The average Bonchev–Trinajstić information content (AvgIpc) is 0.796. The van der Waals surface area contributed by atoms with E-state index in [0.29, 0.717) is 94.6 Å². The Morgan fingerprint density at radius 2 is 0.631 bits per heavy atom. The first-order valence-corrected chi connectivity index (χ1v) is 43.5. The SMILES string of the molecule is Cc1cc(NC(=O)C(=O)O)cnc1NC(=O)OC(C)(C)C.Cc1ccc(C2CCC(C)CN2)nc1.Cc1ccc([C@@H]2CC[C@@H](C)CN2C(=O)C(=O)Nc2cnc(NC(=O)OC(C)(C)C)c(C)c2)nc1.Cc1ccc([C@H]2CC[C@@H](C)CN2C(=O)C(=O)Nc2cnc(NC(=O)OC(C)(C)C)c(C)c2)nc1.Cc1ccc([C@H]2CC[C@H](C)CN2C(=O)C(=O)Nc2cnc(N)c(C)c2)nc1. The zero-order valence-corrected chi connectivity index (χ0v) is 78.3. The van der Waals surface area contributed by atoms with Crippen LogP contribution >= 0.6 is 0 Å². The van der Waals surface area contributed by atoms with E-state index in [1.165, 1.54) is 55.0 Å². The lowest BCUT2D eigenvalue weighted by Crippen LogP contribution is -2.46. The summed E-state index contributed by atoms with van der Waals surface area (Å²) in [5.74, 6) is -3.64. The van der Waals surface area contributed by atoms with Gasteiger partial charge in [0.05, 0.1) is 88.4 Å². The van der Waals surface area contributed by atoms with E-state index in [4.69, 9.17) is 25.1 Å². The molecule has 696 valence electrons. The molecule has 35 heteroatoms. The second kappa shape index (κ2) is 46.0. The number of piperidine rings is 4. The number of amides is 10. The first-order chi connectivity index (χ1) is 61.0. The Hall–Kier alpha value is -13.5. The summed E-state index contributed by atoms with van der Waals surface area (Å²) in [5, 5.41) is 29.7. The molecule has 4 fully saturated rings. The van der Waals surface area contributed by atoms with Crippen molar-refractivity contribution in [2.24, 2.45) is 23.7 Å². The molecule has 0 saturated carbocycles. The number of aromatic nitrogens is 8. The topological polar surface area (TPSA) is 471 Å². The molecule has 130 heavy (non-hydrogen) atoms. The van der Waals surface area contributed by atoms with Crippen molar-refractivity contribution in [3.05, 3.63) is 190 Å². The van der Waals surface area contributed by atoms with Crippen LogP contribution in [0.25, 0.3) is 0 Å². The summed E-state index contributed by atoms with van der Waals surface area (Å²) in [4.78, 5) is 174. The third-order valence-electron chi connectivity index (χ3n) is 21.0. The van der Waals surface area contributed by atoms with Crippen LogP contribution in [0.4, 0.5) is 60.4 Å². The highest BCUT2D eigenvalue weighted by Crippen LogP contribution is 2.37. The van der Waals surface area contributed by atoms with Crippen LogP contribution in [0.15, 0.2) is 122 Å². The van der Waals surface area contributed by atoms with Gasteiger partial charge in [-0.2, -0.15) is 0 Å². The van der Waals surface area contributed by atoms with Crippen molar-refractivity contribution in [1.29, 1.82) is 0 Å². The number of nitrogens with zero attached hydrogens (tertiary/aromatic N) is 11. The second-order valence-electron chi connectivity index (χ2n) is 36.7. The number of hydrogen-bond donors (Lipinski definition) is 10. The summed E-state index contributed by atoms with van der Waals surface area (Å²) < 4.78 is 15.6. The molecule has 4 aliphatic rings. The number of pyridine rings is 8. The van der Waals surface area contributed by atoms with Gasteiger partial charge in [-0.15, -0.1) is 0 Å². The number of ether oxygens (including phenoxy) is 3. The van der Waals surface area contributed by atoms with Crippen LogP contribution in [0.3, 0.4) is 0 Å². The third-order valence-corrected chi connectivity index (χ3v) is 21.0. The summed E-state index contributed by atoms with van der Waals surface area (Å²) in [6, 6.07) is 22.2. The van der Waals surface area contributed by atoms with Gasteiger partial charge in [0.1, 0.15) is 40.1 Å². The molecule has 2 unspecified atom stereocenters. The number of nitrogens with one attached hydrogen (secondary N) is 8. The number of hydrogen-bond acceptors (Lipinski definition) is 24. The maximum Gasteiger partial charge on any atom is 0.413 e. The molecule has 4 saturated heterocycles. The predicted octanol–water partition coefficient (Wildman–Crippen LogP) is 15.6. The maximum atomic E-state index is 13.1. The number of aryl methyl sites for hydroxylation is 8. The summed E-state index contributed by atoms with van der Waals surface area (Å²) in [7, 11) is 0. The van der Waals surface area contributed by atoms with Crippen LogP contribution in [0.2, 0.25) is 0 Å². The summed E-state index contributed by atoms with van der Waals surface area (Å²) in [5.41, 5.74) is 15.7. The number of likely N-dealkylation sites (tertiary alicyclic amines) is 3. The van der Waals surface area contributed by atoms with Gasteiger partial charge in [0.2, 0.25) is 0 Å². The normalized spacial score (nSPS) is 18.3. The lowest BCUT2D eigenvalue weighted by Gasteiger charge is -2.38. The number of carbonyl (C=O) groups excluding carboxylic acids is 10. The molecule has 4 aliphatic heterocycles. The van der Waals surface area contributed by atoms with Crippen LogP contribution in [-0.2, 0) is 52.6 Å². The Labute approximate surface area is 760 Å². The highest BCUT2D eigenvalue weighted by molar-refractivity contribution is 6.41. The first-order valence-electron chi connectivity index (χ1n) is 43.5. The predicted molar refractivity (Wildman–Crippen MR) is 496 cm³/mol. The Balaban J connectivity index is 0.000000206. The van der Waals surface area contributed by atoms with Gasteiger partial charge in [0.15, 0.2) is 0 Å². The zero-order chi connectivity index (χ0) is 95.8. The monoisotopic (exact) mass is 1790 g/mol. The molecule has 35 nitrogen and oxygen atoms in total. The molecule has 0 spiro atoms. The molecule has 0 radical (unpaired) electrons. The standard InChI is InChI=1S/2C25H33N5O4.C20H25N5O2.C13H17N3O5.C12H18N2/c2*1-15-7-9-19(26-12-15)20-10-8-16(2)14-30(20)23(32)22(31)28-18-11-17(3)21(27-13-18)29-24(33)34-25(4,5)6;1-12-4-6-16(22-9-12)17-7-5-13(2)11-25(17)20(27)19(26)24-15-8-14(3)18(21)23-10-15;1-7-5-8(15-10(17)11(18)19)6-14-9(7)16-12(20)21-13(2,3)4;1-9-3-5-11(13-7-9)12-6-4-10(2)8-14-12/h2*7,9,11-13,16,20H,8,10,14H2,1-6H3,(H,28,31)(H,27,29,33);4,6,8-10,13,17H,5,7,11H2,1-3H3,(H2,21,23)(H,24,26);5-6H,1-4H3,(H,15,17)(H,18,19)(H,14,16,20);3,5,7,10,12,14H,4,6,8H2,1-2H3/t16-,20+;16-,20-;13-,17+;;/m110../s1. The minimum Gasteiger partial charge on any atom is -0.474 e. The van der Waals surface area contributed by atoms with Crippen molar-refractivity contribution in [2.75, 3.05) is 69.1 Å². The zero-order valence-electron chi connectivity index (χ0n) is 78.3. The van der Waals surface area contributed by atoms with Crippen LogP contribution in [0.1, 0.15) is 233 Å². The second-order valence-corrected chi connectivity index (χ2v) is 36.7. The highest BCUT2D eigenvalue weighted by atomic mass is 16.6. The van der Waals surface area contributed by atoms with E-state index in [-0.39, 0.29) is 29.6 Å². The number of nitrogen functional groups attached to an aromatic ring is 1. The lowest BCUT2D eigenvalue weighted by molar-refractivity contribution is -0.147. The first kappa shape index (κ1) is 102. The molecular weight excluding hydrogens is 1660 g/mol. The number of aliphatic carboxylic acids is 1. The quantitative estimate of drug-likeness (QED) is 0.0425. The maximum absolute atomic E-state index is 13.1. The van der Waals surface area contributed by atoms with Gasteiger partial charge < -0.3 is 66.3 Å². The number of anilines is 8. The van der Waals surface area contributed by atoms with Crippen molar-refractivity contribution in [3.63, 3.8) is 0 Å². The molecule has 12 heterocycles. The van der Waals surface area contributed by atoms with E-state index in [2.05, 4.69) is 129 Å². The van der Waals surface area contributed by atoms with Gasteiger partial charge in [-0.25, -0.2) is 39.1 Å². The van der Waals surface area contributed by atoms with Gasteiger partial charge in [0, 0.05) is 50.5 Å². The van der Waals surface area contributed by atoms with Gasteiger partial charge in [-0.3, -0.25) is 69.4 Å². The van der Waals surface area contributed by atoms with Gasteiger partial charge in [0.25, 0.3) is 0 Å². The molecule has 10 amide bonds. The minimum atomic E-state index is -1.59. The number of carboxylic acids is 1. The average molecular weight is 1790 g/mol. The Bertz CT molecular complexity index is 5130. The van der Waals surface area contributed by atoms with Crippen LogP contribution in [0.5, 0.6) is 0 Å². The smallest absolute Gasteiger partial charge is 0.413 e. The highest BCUT2D eigenvalue weighted by Gasteiger charge is 2.39. The molecule has 0 bridgehead atoms. The van der Waals surface area contributed by atoms with E-state index < -0.39 is 82.4 Å². The number of rotatable bonds is 11. The molecule has 11 N–H and O–H groups in total. The summed E-state index contributed by atoms with van der Waals surface area (Å²) in [6.45, 7) is 41.9. The fraction of sp³-hybridized carbons (Fsp3) is 0.463. The minimum absolute atomic E-state index is 0.189. The Kier molecular flexibility index (Phi) is 36.1. The van der Waals surface area contributed by atoms with E-state index in [0.717, 1.165) is 90.3 Å². The fourth-order valence-corrected chi connectivity index (χ4v) is 14.3. The van der Waals surface area contributed by atoms with Crippen molar-refractivity contribution < 1.29 is 72.1 Å². The van der Waals surface area contributed by atoms with E-state index in [1.807, 2.05) is 63.4 Å². The van der Waals surface area contributed by atoms with Crippen LogP contribution < -0.4 is 48.3 Å². The third kappa shape index (κ3) is 32.1. The van der Waals surface area contributed by atoms with Crippen molar-refractivity contribution >= 4 is 112 Å². The van der Waals surface area contributed by atoms with E-state index in [1.54, 1.807) is 141 Å². The fourth-order valence-electron chi connectivity index (χ4n) is 14.3. The molecule has 8 atom stereocenters. The van der Waals surface area contributed by atoms with Gasteiger partial charge >= 0.3 is 65.6 Å². The van der Waals surface area contributed by atoms with Crippen LogP contribution in [0, 0.1) is 79.1 Å². The summed E-state index contributed by atoms with van der Waals surface area (Å²) in [6.07, 6.45) is 18.6. The number of carboxylic acid groups (broad SMARTS) is 1. The van der Waals surface area contributed by atoms with E-state index >= 15 is 0 Å². The van der Waals surface area contributed by atoms with Gasteiger partial charge in [-0.1, -0.05) is 52.0 Å². The molecule has 0 aromatic carbocycles. The number of carbonyl (C=O) groups is 11.